The summed E-state index contributed by atoms with van der Waals surface area (Å²) in [6.07, 6.45) is 0. The summed E-state index contributed by atoms with van der Waals surface area (Å²) in [5.74, 6) is -1.13. The van der Waals surface area contributed by atoms with Crippen molar-refractivity contribution in [3.63, 3.8) is 0 Å². The molecule has 14 heavy (non-hydrogen) atoms. The minimum absolute atomic E-state index is 0.162. The Kier molecular flexibility index (Phi) is 3.21. The minimum atomic E-state index is -0.568. The van der Waals surface area contributed by atoms with Crippen molar-refractivity contribution in [1.82, 2.24) is 0 Å². The quantitative estimate of drug-likeness (QED) is 0.711. The summed E-state index contributed by atoms with van der Waals surface area (Å²) in [6, 6.07) is 3.49. The minimum Gasteiger partial charge on any atom is -0.371 e. The lowest BCUT2D eigenvalue weighted by Gasteiger charge is -2.19. The first-order chi connectivity index (χ1) is 6.38. The van der Waals surface area contributed by atoms with Gasteiger partial charge in [-0.1, -0.05) is 6.07 Å². The van der Waals surface area contributed by atoms with E-state index in [2.05, 4.69) is 0 Å². The van der Waals surface area contributed by atoms with Gasteiger partial charge in [0.2, 0.25) is 0 Å². The van der Waals surface area contributed by atoms with Crippen LogP contribution in [0.3, 0.4) is 0 Å². The number of ether oxygens (including phenoxy) is 1. The van der Waals surface area contributed by atoms with Crippen LogP contribution in [0.4, 0.5) is 8.78 Å². The summed E-state index contributed by atoms with van der Waals surface area (Å²) in [6.45, 7) is 5.81. The van der Waals surface area contributed by atoms with Crippen LogP contribution in [0.1, 0.15) is 26.3 Å². The molecule has 0 heterocycles. The summed E-state index contributed by atoms with van der Waals surface area (Å²) < 4.78 is 31.0. The number of hydrogen-bond acceptors (Lipinski definition) is 1. The zero-order valence-electron chi connectivity index (χ0n) is 8.60. The van der Waals surface area contributed by atoms with Crippen molar-refractivity contribution in [2.45, 2.75) is 33.0 Å². The molecule has 0 aromatic heterocycles. The molecule has 1 aromatic carbocycles. The van der Waals surface area contributed by atoms with Gasteiger partial charge in [0.1, 0.15) is 11.6 Å². The van der Waals surface area contributed by atoms with Gasteiger partial charge in [0.25, 0.3) is 0 Å². The maximum atomic E-state index is 13.1. The van der Waals surface area contributed by atoms with Crippen LogP contribution in [-0.2, 0) is 11.3 Å². The molecule has 0 saturated carbocycles. The van der Waals surface area contributed by atoms with Crippen molar-refractivity contribution in [2.24, 2.45) is 0 Å². The molecule has 0 N–H and O–H groups in total. The lowest BCUT2D eigenvalue weighted by molar-refractivity contribution is -0.0161. The van der Waals surface area contributed by atoms with Crippen molar-refractivity contribution < 1.29 is 13.5 Å². The monoisotopic (exact) mass is 200 g/mol. The van der Waals surface area contributed by atoms with Crippen molar-refractivity contribution in [3.8, 4) is 0 Å². The topological polar surface area (TPSA) is 9.23 Å². The Balaban J connectivity index is 2.68. The van der Waals surface area contributed by atoms with E-state index < -0.39 is 11.6 Å². The lowest BCUT2D eigenvalue weighted by atomic mass is 10.1. The van der Waals surface area contributed by atoms with Crippen LogP contribution in [-0.4, -0.2) is 5.60 Å². The number of rotatable bonds is 2. The molecule has 0 aliphatic rings. The highest BCUT2D eigenvalue weighted by Gasteiger charge is 2.12. The van der Waals surface area contributed by atoms with Gasteiger partial charge in [-0.3, -0.25) is 0 Å². The molecule has 1 rings (SSSR count). The molecule has 0 fully saturated rings. The van der Waals surface area contributed by atoms with Gasteiger partial charge in [-0.2, -0.15) is 0 Å². The van der Waals surface area contributed by atoms with Crippen LogP contribution >= 0.6 is 0 Å². The van der Waals surface area contributed by atoms with Gasteiger partial charge < -0.3 is 4.74 Å². The molecule has 0 aliphatic heterocycles. The second-order valence-corrected chi connectivity index (χ2v) is 4.14. The Morgan fingerprint density at radius 1 is 1.21 bits per heavy atom. The smallest absolute Gasteiger partial charge is 0.131 e. The molecule has 0 saturated heterocycles. The third-order valence-corrected chi connectivity index (χ3v) is 1.68. The molecular formula is C11H14F2O. The molecule has 3 heteroatoms. The van der Waals surface area contributed by atoms with E-state index in [9.17, 15) is 8.78 Å². The highest BCUT2D eigenvalue weighted by atomic mass is 19.1. The molecule has 1 nitrogen and oxygen atoms in total. The largest absolute Gasteiger partial charge is 0.371 e. The van der Waals surface area contributed by atoms with E-state index in [0.29, 0.717) is 5.56 Å². The maximum Gasteiger partial charge on any atom is 0.131 e. The fourth-order valence-corrected chi connectivity index (χ4v) is 0.933. The Labute approximate surface area is 82.7 Å². The van der Waals surface area contributed by atoms with Crippen LogP contribution in [0.15, 0.2) is 18.2 Å². The van der Waals surface area contributed by atoms with Crippen molar-refractivity contribution in [2.75, 3.05) is 0 Å². The zero-order chi connectivity index (χ0) is 10.8. The predicted octanol–water partition coefficient (Wildman–Crippen LogP) is 3.28. The Morgan fingerprint density at radius 3 is 2.36 bits per heavy atom. The molecule has 0 spiro atoms. The van der Waals surface area contributed by atoms with E-state index in [1.165, 1.54) is 12.1 Å². The first-order valence-corrected chi connectivity index (χ1v) is 4.46. The van der Waals surface area contributed by atoms with Gasteiger partial charge in [-0.15, -0.1) is 0 Å². The first kappa shape index (κ1) is 11.1. The van der Waals surface area contributed by atoms with E-state index in [-0.39, 0.29) is 12.2 Å². The third kappa shape index (κ3) is 3.42. The summed E-state index contributed by atoms with van der Waals surface area (Å²) in [4.78, 5) is 0. The van der Waals surface area contributed by atoms with Crippen molar-refractivity contribution in [3.05, 3.63) is 35.4 Å². The predicted molar refractivity (Wildman–Crippen MR) is 50.9 cm³/mol. The van der Waals surface area contributed by atoms with E-state index in [4.69, 9.17) is 4.74 Å². The zero-order valence-corrected chi connectivity index (χ0v) is 8.60. The second kappa shape index (κ2) is 4.05. The van der Waals surface area contributed by atoms with Gasteiger partial charge in [-0.25, -0.2) is 8.78 Å². The standard InChI is InChI=1S/C11H14F2O/c1-11(2,3)14-7-8-4-5-9(12)6-10(8)13/h4-6H,7H2,1-3H3. The number of hydrogen-bond donors (Lipinski definition) is 0. The normalized spacial score (nSPS) is 11.8. The molecule has 1 aromatic rings. The summed E-state index contributed by atoms with van der Waals surface area (Å²) in [7, 11) is 0. The van der Waals surface area contributed by atoms with E-state index in [1.54, 1.807) is 0 Å². The van der Waals surface area contributed by atoms with E-state index in [0.717, 1.165) is 6.07 Å². The van der Waals surface area contributed by atoms with Crippen LogP contribution in [0, 0.1) is 11.6 Å². The molecule has 78 valence electrons. The molecular weight excluding hydrogens is 186 g/mol. The first-order valence-electron chi connectivity index (χ1n) is 4.46. The highest BCUT2D eigenvalue weighted by Crippen LogP contribution is 2.15. The van der Waals surface area contributed by atoms with Crippen LogP contribution in [0.2, 0.25) is 0 Å². The summed E-state index contributed by atoms with van der Waals surface area (Å²) >= 11 is 0. The number of benzene rings is 1. The maximum absolute atomic E-state index is 13.1. The van der Waals surface area contributed by atoms with Crippen molar-refractivity contribution >= 4 is 0 Å². The molecule has 0 atom stereocenters. The van der Waals surface area contributed by atoms with Gasteiger partial charge in [-0.05, 0) is 26.8 Å². The average Bonchev–Trinajstić information content (AvgIpc) is 2.00. The Hall–Kier alpha value is -0.960. The van der Waals surface area contributed by atoms with Gasteiger partial charge in [0.15, 0.2) is 0 Å². The summed E-state index contributed by atoms with van der Waals surface area (Å²) in [5.41, 5.74) is 0.0576. The average molecular weight is 200 g/mol. The second-order valence-electron chi connectivity index (χ2n) is 4.14. The van der Waals surface area contributed by atoms with Gasteiger partial charge >= 0.3 is 0 Å². The van der Waals surface area contributed by atoms with Crippen LogP contribution < -0.4 is 0 Å². The van der Waals surface area contributed by atoms with Crippen LogP contribution in [0.5, 0.6) is 0 Å². The fraction of sp³-hybridized carbons (Fsp3) is 0.455. The Morgan fingerprint density at radius 2 is 1.86 bits per heavy atom. The van der Waals surface area contributed by atoms with Gasteiger partial charge in [0, 0.05) is 11.6 Å². The summed E-state index contributed by atoms with van der Waals surface area (Å²) in [5, 5.41) is 0. The molecule has 0 unspecified atom stereocenters. The van der Waals surface area contributed by atoms with E-state index >= 15 is 0 Å². The highest BCUT2D eigenvalue weighted by molar-refractivity contribution is 5.17. The Bertz CT molecular complexity index is 316. The fourth-order valence-electron chi connectivity index (χ4n) is 0.933. The SMILES string of the molecule is CC(C)(C)OCc1ccc(F)cc1F. The molecule has 0 bridgehead atoms. The van der Waals surface area contributed by atoms with E-state index in [1.807, 2.05) is 20.8 Å². The van der Waals surface area contributed by atoms with Crippen LogP contribution in [0.25, 0.3) is 0 Å². The lowest BCUT2D eigenvalue weighted by Crippen LogP contribution is -2.19. The molecule has 0 amide bonds. The van der Waals surface area contributed by atoms with Gasteiger partial charge in [0.05, 0.1) is 12.2 Å². The molecule has 0 radical (unpaired) electrons. The molecule has 0 aliphatic carbocycles. The van der Waals surface area contributed by atoms with Crippen molar-refractivity contribution in [1.29, 1.82) is 0 Å². The number of halogens is 2. The third-order valence-electron chi connectivity index (χ3n) is 1.68.